The number of nitrogens with zero attached hydrogens (tertiary/aromatic N) is 2. The van der Waals surface area contributed by atoms with Crippen molar-refractivity contribution in [3.8, 4) is 11.5 Å². The van der Waals surface area contributed by atoms with Crippen LogP contribution >= 0.6 is 0 Å². The Morgan fingerprint density at radius 1 is 1.21 bits per heavy atom. The lowest BCUT2D eigenvalue weighted by Gasteiger charge is -2.17. The second-order valence-corrected chi connectivity index (χ2v) is 4.35. The van der Waals surface area contributed by atoms with Crippen molar-refractivity contribution in [2.45, 2.75) is 13.0 Å². The Morgan fingerprint density at radius 3 is 2.58 bits per heavy atom. The van der Waals surface area contributed by atoms with Gasteiger partial charge in [0, 0.05) is 30.9 Å². The van der Waals surface area contributed by atoms with Crippen LogP contribution in [0.5, 0.6) is 11.5 Å². The zero-order valence-electron chi connectivity index (χ0n) is 11.7. The Balaban J connectivity index is 2.20. The van der Waals surface area contributed by atoms with Crippen LogP contribution in [0, 0.1) is 0 Å². The third-order valence-corrected chi connectivity index (χ3v) is 2.99. The van der Waals surface area contributed by atoms with Crippen molar-refractivity contribution in [3.05, 3.63) is 36.0 Å². The molecule has 0 bridgehead atoms. The van der Waals surface area contributed by atoms with Gasteiger partial charge in [-0.25, -0.2) is 0 Å². The number of methoxy groups -OCH3 is 2. The van der Waals surface area contributed by atoms with Gasteiger partial charge in [-0.1, -0.05) is 0 Å². The van der Waals surface area contributed by atoms with E-state index in [9.17, 15) is 0 Å². The number of aryl methyl sites for hydroxylation is 1. The number of benzene rings is 1. The zero-order valence-corrected chi connectivity index (χ0v) is 11.7. The van der Waals surface area contributed by atoms with Crippen molar-refractivity contribution < 1.29 is 9.47 Å². The van der Waals surface area contributed by atoms with Crippen molar-refractivity contribution in [1.29, 1.82) is 0 Å². The minimum Gasteiger partial charge on any atom is -0.497 e. The number of hydrogen-bond donors (Lipinski definition) is 1. The van der Waals surface area contributed by atoms with Crippen LogP contribution in [0.25, 0.3) is 0 Å². The average Bonchev–Trinajstić information content (AvgIpc) is 2.83. The molecule has 0 saturated carbocycles. The maximum atomic E-state index is 5.41. The molecule has 0 aliphatic rings. The van der Waals surface area contributed by atoms with Gasteiger partial charge in [-0.05, 0) is 19.1 Å². The summed E-state index contributed by atoms with van der Waals surface area (Å²) in [6.45, 7) is 2.07. The van der Waals surface area contributed by atoms with Crippen molar-refractivity contribution in [3.63, 3.8) is 0 Å². The van der Waals surface area contributed by atoms with Gasteiger partial charge in [0.1, 0.15) is 17.3 Å². The van der Waals surface area contributed by atoms with E-state index in [0.29, 0.717) is 0 Å². The summed E-state index contributed by atoms with van der Waals surface area (Å²) < 4.78 is 12.4. The largest absolute Gasteiger partial charge is 0.497 e. The SMILES string of the molecule is COc1ccc(C(C)Nc2ccn(C)n2)c(OC)c1. The zero-order chi connectivity index (χ0) is 13.8. The third-order valence-electron chi connectivity index (χ3n) is 2.99. The fraction of sp³-hybridized carbons (Fsp3) is 0.357. The summed E-state index contributed by atoms with van der Waals surface area (Å²) >= 11 is 0. The summed E-state index contributed by atoms with van der Waals surface area (Å²) in [5.41, 5.74) is 1.06. The van der Waals surface area contributed by atoms with Gasteiger partial charge in [-0.3, -0.25) is 4.68 Å². The van der Waals surface area contributed by atoms with Gasteiger partial charge in [0.15, 0.2) is 0 Å². The first-order chi connectivity index (χ1) is 9.13. The number of aromatic nitrogens is 2. The lowest BCUT2D eigenvalue weighted by molar-refractivity contribution is 0.390. The summed E-state index contributed by atoms with van der Waals surface area (Å²) in [4.78, 5) is 0. The van der Waals surface area contributed by atoms with E-state index in [-0.39, 0.29) is 6.04 Å². The molecule has 1 aromatic carbocycles. The van der Waals surface area contributed by atoms with Crippen LogP contribution in [0.4, 0.5) is 5.82 Å². The molecule has 19 heavy (non-hydrogen) atoms. The fourth-order valence-electron chi connectivity index (χ4n) is 1.97. The van der Waals surface area contributed by atoms with Crippen molar-refractivity contribution in [2.24, 2.45) is 7.05 Å². The van der Waals surface area contributed by atoms with Crippen LogP contribution < -0.4 is 14.8 Å². The molecule has 0 saturated heterocycles. The average molecular weight is 261 g/mol. The molecule has 102 valence electrons. The molecule has 0 amide bonds. The van der Waals surface area contributed by atoms with Crippen LogP contribution in [0.15, 0.2) is 30.5 Å². The molecule has 1 aromatic heterocycles. The quantitative estimate of drug-likeness (QED) is 0.898. The molecule has 0 aliphatic carbocycles. The molecule has 1 heterocycles. The Morgan fingerprint density at radius 2 is 2.00 bits per heavy atom. The highest BCUT2D eigenvalue weighted by molar-refractivity contribution is 5.46. The van der Waals surface area contributed by atoms with E-state index in [0.717, 1.165) is 22.9 Å². The number of hydrogen-bond acceptors (Lipinski definition) is 4. The van der Waals surface area contributed by atoms with Gasteiger partial charge in [0.2, 0.25) is 0 Å². The smallest absolute Gasteiger partial charge is 0.148 e. The molecule has 2 aromatic rings. The van der Waals surface area contributed by atoms with E-state index in [4.69, 9.17) is 9.47 Å². The van der Waals surface area contributed by atoms with E-state index in [2.05, 4.69) is 17.3 Å². The summed E-state index contributed by atoms with van der Waals surface area (Å²) in [6, 6.07) is 7.83. The van der Waals surface area contributed by atoms with Gasteiger partial charge in [-0.2, -0.15) is 5.10 Å². The monoisotopic (exact) mass is 261 g/mol. The maximum absolute atomic E-state index is 5.41. The van der Waals surface area contributed by atoms with E-state index in [1.807, 2.05) is 37.5 Å². The number of ether oxygens (including phenoxy) is 2. The number of anilines is 1. The summed E-state index contributed by atoms with van der Waals surface area (Å²) in [7, 11) is 5.19. The van der Waals surface area contributed by atoms with E-state index >= 15 is 0 Å². The normalized spacial score (nSPS) is 12.0. The molecule has 1 N–H and O–H groups in total. The standard InChI is InChI=1S/C14H19N3O2/c1-10(15-14-7-8-17(2)16-14)12-6-5-11(18-3)9-13(12)19-4/h5-10H,1-4H3,(H,15,16). The highest BCUT2D eigenvalue weighted by Crippen LogP contribution is 2.30. The predicted molar refractivity (Wildman–Crippen MR) is 74.8 cm³/mol. The van der Waals surface area contributed by atoms with E-state index in [1.54, 1.807) is 18.9 Å². The molecule has 5 heteroatoms. The highest BCUT2D eigenvalue weighted by atomic mass is 16.5. The first-order valence-corrected chi connectivity index (χ1v) is 6.12. The van der Waals surface area contributed by atoms with Gasteiger partial charge in [0.05, 0.1) is 20.3 Å². The van der Waals surface area contributed by atoms with Crippen molar-refractivity contribution >= 4 is 5.82 Å². The molecule has 0 radical (unpaired) electrons. The predicted octanol–water partition coefficient (Wildman–Crippen LogP) is 2.61. The lowest BCUT2D eigenvalue weighted by Crippen LogP contribution is -2.09. The van der Waals surface area contributed by atoms with Gasteiger partial charge >= 0.3 is 0 Å². The van der Waals surface area contributed by atoms with Crippen molar-refractivity contribution in [2.75, 3.05) is 19.5 Å². The molecule has 0 fully saturated rings. The maximum Gasteiger partial charge on any atom is 0.148 e. The fourth-order valence-corrected chi connectivity index (χ4v) is 1.97. The second-order valence-electron chi connectivity index (χ2n) is 4.35. The van der Waals surface area contributed by atoms with Crippen LogP contribution in [-0.2, 0) is 7.05 Å². The molecule has 1 atom stereocenters. The number of nitrogens with one attached hydrogen (secondary N) is 1. The second kappa shape index (κ2) is 5.65. The Labute approximate surface area is 113 Å². The van der Waals surface area contributed by atoms with Gasteiger partial charge < -0.3 is 14.8 Å². The molecule has 5 nitrogen and oxygen atoms in total. The Bertz CT molecular complexity index is 551. The van der Waals surface area contributed by atoms with Crippen LogP contribution in [0.1, 0.15) is 18.5 Å². The van der Waals surface area contributed by atoms with E-state index in [1.165, 1.54) is 0 Å². The first kappa shape index (κ1) is 13.3. The molecule has 0 spiro atoms. The molecular formula is C14H19N3O2. The number of rotatable bonds is 5. The first-order valence-electron chi connectivity index (χ1n) is 6.12. The van der Waals surface area contributed by atoms with E-state index < -0.39 is 0 Å². The summed E-state index contributed by atoms with van der Waals surface area (Å²) in [6.07, 6.45) is 1.90. The molecule has 1 unspecified atom stereocenters. The molecular weight excluding hydrogens is 242 g/mol. The summed E-state index contributed by atoms with van der Waals surface area (Å²) in [5, 5.41) is 7.64. The minimum absolute atomic E-state index is 0.0933. The lowest BCUT2D eigenvalue weighted by atomic mass is 10.1. The molecule has 0 aliphatic heterocycles. The topological polar surface area (TPSA) is 48.3 Å². The minimum atomic E-state index is 0.0933. The van der Waals surface area contributed by atoms with Crippen molar-refractivity contribution in [1.82, 2.24) is 9.78 Å². The molecule has 2 rings (SSSR count). The van der Waals surface area contributed by atoms with Gasteiger partial charge in [-0.15, -0.1) is 0 Å². The van der Waals surface area contributed by atoms with Crippen LogP contribution in [0.2, 0.25) is 0 Å². The summed E-state index contributed by atoms with van der Waals surface area (Å²) in [5.74, 6) is 2.42. The Hall–Kier alpha value is -2.17. The third kappa shape index (κ3) is 2.99. The highest BCUT2D eigenvalue weighted by Gasteiger charge is 2.13. The van der Waals surface area contributed by atoms with Crippen LogP contribution in [-0.4, -0.2) is 24.0 Å². The van der Waals surface area contributed by atoms with Gasteiger partial charge in [0.25, 0.3) is 0 Å². The van der Waals surface area contributed by atoms with Crippen LogP contribution in [0.3, 0.4) is 0 Å². The Kier molecular flexibility index (Phi) is 3.94.